The quantitative estimate of drug-likeness (QED) is 0.899. The molecule has 1 saturated carbocycles. The molecule has 0 saturated heterocycles. The highest BCUT2D eigenvalue weighted by Crippen LogP contribution is 2.29. The summed E-state index contributed by atoms with van der Waals surface area (Å²) in [5.41, 5.74) is 2.17. The van der Waals surface area contributed by atoms with Crippen LogP contribution in [0.2, 0.25) is 0 Å². The number of nitrogens with one attached hydrogen (secondary N) is 2. The predicted molar refractivity (Wildman–Crippen MR) is 85.0 cm³/mol. The van der Waals surface area contributed by atoms with Crippen LogP contribution in [0.3, 0.4) is 0 Å². The van der Waals surface area contributed by atoms with Crippen LogP contribution in [0.5, 0.6) is 0 Å². The van der Waals surface area contributed by atoms with Crippen molar-refractivity contribution in [3.8, 4) is 0 Å². The Labute approximate surface area is 127 Å². The van der Waals surface area contributed by atoms with Gasteiger partial charge in [0.05, 0.1) is 4.90 Å². The average Bonchev–Trinajstić information content (AvgIpc) is 2.95. The lowest BCUT2D eigenvalue weighted by atomic mass is 9.83. The zero-order valence-corrected chi connectivity index (χ0v) is 13.4. The van der Waals surface area contributed by atoms with Gasteiger partial charge in [-0.15, -0.1) is 0 Å². The third kappa shape index (κ3) is 3.09. The molecule has 116 valence electrons. The van der Waals surface area contributed by atoms with Crippen LogP contribution in [0.1, 0.15) is 44.6 Å². The molecule has 21 heavy (non-hydrogen) atoms. The van der Waals surface area contributed by atoms with Crippen LogP contribution in [-0.4, -0.2) is 21.0 Å². The molecule has 1 heterocycles. The minimum absolute atomic E-state index is 0.0926. The van der Waals surface area contributed by atoms with Crippen LogP contribution in [0, 0.1) is 5.92 Å². The van der Waals surface area contributed by atoms with Crippen molar-refractivity contribution in [3.63, 3.8) is 0 Å². The first-order valence-electron chi connectivity index (χ1n) is 7.99. The molecule has 0 spiro atoms. The van der Waals surface area contributed by atoms with Crippen LogP contribution >= 0.6 is 0 Å². The van der Waals surface area contributed by atoms with Gasteiger partial charge in [0, 0.05) is 18.3 Å². The molecule has 2 unspecified atom stereocenters. The molecule has 4 nitrogen and oxygen atoms in total. The highest BCUT2D eigenvalue weighted by molar-refractivity contribution is 7.89. The first-order chi connectivity index (χ1) is 10.1. The highest BCUT2D eigenvalue weighted by atomic mass is 32.2. The molecule has 2 N–H and O–H groups in total. The molecule has 0 radical (unpaired) electrons. The van der Waals surface area contributed by atoms with Gasteiger partial charge in [0.15, 0.2) is 0 Å². The maximum absolute atomic E-state index is 12.6. The third-order valence-electron chi connectivity index (χ3n) is 4.84. The van der Waals surface area contributed by atoms with E-state index in [1.807, 2.05) is 6.07 Å². The summed E-state index contributed by atoms with van der Waals surface area (Å²) in [7, 11) is -3.41. The number of fused-ring (bicyclic) bond motifs is 1. The van der Waals surface area contributed by atoms with Crippen molar-refractivity contribution in [2.45, 2.75) is 56.4 Å². The molecule has 1 aromatic carbocycles. The standard InChI is InChI=1S/C16H24N2O2S/c1-2-12-5-3-4-6-15(12)18-21(19,20)14-8-7-13-9-10-17-16(13)11-14/h7-8,11-12,15,17-18H,2-6,9-10H2,1H3. The second-order valence-electron chi connectivity index (χ2n) is 6.18. The molecule has 0 bridgehead atoms. The van der Waals surface area contributed by atoms with Crippen molar-refractivity contribution < 1.29 is 8.42 Å². The Kier molecular flexibility index (Phi) is 4.22. The maximum Gasteiger partial charge on any atom is 0.240 e. The van der Waals surface area contributed by atoms with Gasteiger partial charge in [0.25, 0.3) is 0 Å². The van der Waals surface area contributed by atoms with Crippen molar-refractivity contribution >= 4 is 15.7 Å². The minimum atomic E-state index is -3.41. The Balaban J connectivity index is 1.80. The fraction of sp³-hybridized carbons (Fsp3) is 0.625. The van der Waals surface area contributed by atoms with E-state index in [9.17, 15) is 8.42 Å². The molecular formula is C16H24N2O2S. The normalized spacial score (nSPS) is 25.4. The van der Waals surface area contributed by atoms with E-state index in [0.29, 0.717) is 10.8 Å². The average molecular weight is 308 g/mol. The van der Waals surface area contributed by atoms with Crippen molar-refractivity contribution in [1.29, 1.82) is 0 Å². The van der Waals surface area contributed by atoms with E-state index < -0.39 is 10.0 Å². The second-order valence-corrected chi connectivity index (χ2v) is 7.89. The Morgan fingerprint density at radius 1 is 1.29 bits per heavy atom. The molecule has 1 aromatic rings. The minimum Gasteiger partial charge on any atom is -0.384 e. The smallest absolute Gasteiger partial charge is 0.240 e. The van der Waals surface area contributed by atoms with Crippen LogP contribution in [-0.2, 0) is 16.4 Å². The van der Waals surface area contributed by atoms with E-state index in [1.165, 1.54) is 12.0 Å². The summed E-state index contributed by atoms with van der Waals surface area (Å²) in [5.74, 6) is 0.473. The van der Waals surface area contributed by atoms with E-state index in [1.54, 1.807) is 12.1 Å². The summed E-state index contributed by atoms with van der Waals surface area (Å²) in [6, 6.07) is 5.53. The molecule has 1 aliphatic heterocycles. The van der Waals surface area contributed by atoms with Gasteiger partial charge in [-0.05, 0) is 42.9 Å². The molecule has 0 amide bonds. The molecule has 1 aliphatic carbocycles. The summed E-state index contributed by atoms with van der Waals surface area (Å²) in [5, 5.41) is 3.24. The fourth-order valence-electron chi connectivity index (χ4n) is 3.56. The van der Waals surface area contributed by atoms with Gasteiger partial charge >= 0.3 is 0 Å². The van der Waals surface area contributed by atoms with Gasteiger partial charge in [-0.25, -0.2) is 13.1 Å². The van der Waals surface area contributed by atoms with Gasteiger partial charge in [-0.3, -0.25) is 0 Å². The van der Waals surface area contributed by atoms with Gasteiger partial charge in [0.2, 0.25) is 10.0 Å². The van der Waals surface area contributed by atoms with Gasteiger partial charge in [-0.1, -0.05) is 32.3 Å². The van der Waals surface area contributed by atoms with Crippen LogP contribution in [0.25, 0.3) is 0 Å². The van der Waals surface area contributed by atoms with E-state index in [4.69, 9.17) is 0 Å². The lowest BCUT2D eigenvalue weighted by Crippen LogP contribution is -2.41. The Morgan fingerprint density at radius 2 is 2.10 bits per heavy atom. The molecule has 5 heteroatoms. The lowest BCUT2D eigenvalue weighted by molar-refractivity contribution is 0.282. The number of rotatable bonds is 4. The van der Waals surface area contributed by atoms with Crippen molar-refractivity contribution in [2.75, 3.05) is 11.9 Å². The third-order valence-corrected chi connectivity index (χ3v) is 6.33. The Hall–Kier alpha value is -1.07. The largest absolute Gasteiger partial charge is 0.384 e. The molecular weight excluding hydrogens is 284 g/mol. The highest BCUT2D eigenvalue weighted by Gasteiger charge is 2.28. The first kappa shape index (κ1) is 14.9. The summed E-state index contributed by atoms with van der Waals surface area (Å²) in [6.45, 7) is 3.05. The Bertz CT molecular complexity index is 613. The molecule has 0 aromatic heterocycles. The number of sulfonamides is 1. The monoisotopic (exact) mass is 308 g/mol. The summed E-state index contributed by atoms with van der Waals surface area (Å²) < 4.78 is 28.2. The molecule has 2 aliphatic rings. The molecule has 2 atom stereocenters. The number of benzene rings is 1. The van der Waals surface area contributed by atoms with Crippen LogP contribution in [0.4, 0.5) is 5.69 Å². The van der Waals surface area contributed by atoms with E-state index in [2.05, 4.69) is 17.0 Å². The van der Waals surface area contributed by atoms with Crippen molar-refractivity contribution in [3.05, 3.63) is 23.8 Å². The number of anilines is 1. The molecule has 1 fully saturated rings. The van der Waals surface area contributed by atoms with Crippen LogP contribution < -0.4 is 10.0 Å². The summed E-state index contributed by atoms with van der Waals surface area (Å²) in [4.78, 5) is 0.385. The lowest BCUT2D eigenvalue weighted by Gasteiger charge is -2.31. The fourth-order valence-corrected chi connectivity index (χ4v) is 4.92. The summed E-state index contributed by atoms with van der Waals surface area (Å²) in [6.07, 6.45) is 6.45. The van der Waals surface area contributed by atoms with Crippen molar-refractivity contribution in [2.24, 2.45) is 5.92 Å². The van der Waals surface area contributed by atoms with Gasteiger partial charge < -0.3 is 5.32 Å². The first-order valence-corrected chi connectivity index (χ1v) is 9.47. The van der Waals surface area contributed by atoms with Crippen LogP contribution in [0.15, 0.2) is 23.1 Å². The number of hydrogen-bond acceptors (Lipinski definition) is 3. The van der Waals surface area contributed by atoms with Gasteiger partial charge in [-0.2, -0.15) is 0 Å². The van der Waals surface area contributed by atoms with E-state index in [0.717, 1.165) is 44.3 Å². The Morgan fingerprint density at radius 3 is 2.90 bits per heavy atom. The molecule has 3 rings (SSSR count). The zero-order valence-electron chi connectivity index (χ0n) is 12.6. The topological polar surface area (TPSA) is 58.2 Å². The predicted octanol–water partition coefficient (Wildman–Crippen LogP) is 2.90. The SMILES string of the molecule is CCC1CCCCC1NS(=O)(=O)c1ccc2c(c1)NCC2. The van der Waals surface area contributed by atoms with E-state index >= 15 is 0 Å². The summed E-state index contributed by atoms with van der Waals surface area (Å²) >= 11 is 0. The zero-order chi connectivity index (χ0) is 14.9. The van der Waals surface area contributed by atoms with E-state index in [-0.39, 0.29) is 6.04 Å². The second kappa shape index (κ2) is 5.97. The van der Waals surface area contributed by atoms with Crippen molar-refractivity contribution in [1.82, 2.24) is 4.72 Å². The number of hydrogen-bond donors (Lipinski definition) is 2. The maximum atomic E-state index is 12.6. The van der Waals surface area contributed by atoms with Gasteiger partial charge in [0.1, 0.15) is 0 Å².